The van der Waals surface area contributed by atoms with Gasteiger partial charge in [-0.15, -0.1) is 0 Å². The fourth-order valence-corrected chi connectivity index (χ4v) is 2.38. The number of rotatable bonds is 5. The zero-order valence-corrected chi connectivity index (χ0v) is 10.7. The first-order valence-corrected chi connectivity index (χ1v) is 6.63. The predicted octanol–water partition coefficient (Wildman–Crippen LogP) is 2.06. The lowest BCUT2D eigenvalue weighted by Gasteiger charge is -2.23. The molecule has 0 radical (unpaired) electrons. The number of nitrogens with two attached hydrogens (primary N) is 1. The van der Waals surface area contributed by atoms with Crippen LogP contribution in [0.3, 0.4) is 0 Å². The molecule has 0 aromatic rings. The van der Waals surface area contributed by atoms with Crippen molar-refractivity contribution in [3.63, 3.8) is 0 Å². The largest absolute Gasteiger partial charge is 0.354 e. The van der Waals surface area contributed by atoms with Crippen LogP contribution in [0.15, 0.2) is 0 Å². The van der Waals surface area contributed by atoms with Crippen LogP contribution in [0.4, 0.5) is 0 Å². The molecule has 1 fully saturated rings. The van der Waals surface area contributed by atoms with E-state index < -0.39 is 0 Å². The Morgan fingerprint density at radius 3 is 2.50 bits per heavy atom. The zero-order valence-electron chi connectivity index (χ0n) is 10.7. The third-order valence-electron chi connectivity index (χ3n) is 3.35. The number of carbonyl (C=O) groups excluding carboxylic acids is 1. The summed E-state index contributed by atoms with van der Waals surface area (Å²) in [5, 5.41) is 2.99. The molecule has 3 heteroatoms. The van der Waals surface area contributed by atoms with E-state index in [2.05, 4.69) is 19.2 Å². The van der Waals surface area contributed by atoms with E-state index in [4.69, 9.17) is 5.73 Å². The highest BCUT2D eigenvalue weighted by atomic mass is 16.2. The molecule has 1 aliphatic carbocycles. The van der Waals surface area contributed by atoms with Crippen LogP contribution in [0, 0.1) is 11.8 Å². The smallest absolute Gasteiger partial charge is 0.236 e. The van der Waals surface area contributed by atoms with Gasteiger partial charge >= 0.3 is 0 Å². The predicted molar refractivity (Wildman–Crippen MR) is 67.0 cm³/mol. The Morgan fingerprint density at radius 1 is 1.31 bits per heavy atom. The van der Waals surface area contributed by atoms with Gasteiger partial charge in [0.25, 0.3) is 0 Å². The maximum atomic E-state index is 11.7. The van der Waals surface area contributed by atoms with Crippen molar-refractivity contribution < 1.29 is 4.79 Å². The summed E-state index contributed by atoms with van der Waals surface area (Å²) in [4.78, 5) is 11.7. The fraction of sp³-hybridized carbons (Fsp3) is 0.923. The minimum absolute atomic E-state index is 0.0271. The van der Waals surface area contributed by atoms with Gasteiger partial charge in [-0.25, -0.2) is 0 Å². The molecule has 0 bridgehead atoms. The lowest BCUT2D eigenvalue weighted by atomic mass is 9.89. The molecule has 1 atom stereocenters. The highest BCUT2D eigenvalue weighted by molar-refractivity contribution is 5.81. The van der Waals surface area contributed by atoms with Gasteiger partial charge in [0, 0.05) is 6.54 Å². The van der Waals surface area contributed by atoms with E-state index >= 15 is 0 Å². The lowest BCUT2D eigenvalue weighted by Crippen LogP contribution is -2.43. The van der Waals surface area contributed by atoms with Crippen molar-refractivity contribution in [2.75, 3.05) is 6.54 Å². The number of hydrogen-bond acceptors (Lipinski definition) is 2. The molecule has 1 aliphatic rings. The Kier molecular flexibility index (Phi) is 5.81. The fourth-order valence-electron chi connectivity index (χ4n) is 2.38. The van der Waals surface area contributed by atoms with E-state index in [1.807, 2.05) is 0 Å². The summed E-state index contributed by atoms with van der Waals surface area (Å²) in [7, 11) is 0. The van der Waals surface area contributed by atoms with E-state index in [1.165, 1.54) is 32.1 Å². The van der Waals surface area contributed by atoms with Crippen molar-refractivity contribution in [2.45, 2.75) is 58.4 Å². The third kappa shape index (κ3) is 4.97. The molecule has 0 unspecified atom stereocenters. The number of amides is 1. The third-order valence-corrected chi connectivity index (χ3v) is 3.35. The SMILES string of the molecule is CC(C)C[C@H](N)C(=O)NCC1CCCCC1. The monoisotopic (exact) mass is 226 g/mol. The minimum atomic E-state index is -0.330. The number of nitrogens with one attached hydrogen (secondary N) is 1. The molecule has 0 aliphatic heterocycles. The molecule has 94 valence electrons. The van der Waals surface area contributed by atoms with Crippen LogP contribution in [-0.2, 0) is 4.79 Å². The Bertz CT molecular complexity index is 210. The van der Waals surface area contributed by atoms with Gasteiger partial charge < -0.3 is 11.1 Å². The Hall–Kier alpha value is -0.570. The summed E-state index contributed by atoms with van der Waals surface area (Å²) < 4.78 is 0. The first kappa shape index (κ1) is 13.5. The maximum Gasteiger partial charge on any atom is 0.236 e. The van der Waals surface area contributed by atoms with Crippen molar-refractivity contribution in [3.05, 3.63) is 0 Å². The van der Waals surface area contributed by atoms with Crippen LogP contribution in [0.2, 0.25) is 0 Å². The summed E-state index contributed by atoms with van der Waals surface area (Å²) >= 11 is 0. The van der Waals surface area contributed by atoms with Crippen molar-refractivity contribution >= 4 is 5.91 Å². The summed E-state index contributed by atoms with van der Waals surface area (Å²) in [5.41, 5.74) is 5.82. The van der Waals surface area contributed by atoms with Crippen molar-refractivity contribution in [1.82, 2.24) is 5.32 Å². The molecule has 3 N–H and O–H groups in total. The van der Waals surface area contributed by atoms with Gasteiger partial charge in [0.15, 0.2) is 0 Å². The highest BCUT2D eigenvalue weighted by Gasteiger charge is 2.18. The maximum absolute atomic E-state index is 11.7. The van der Waals surface area contributed by atoms with Crippen LogP contribution >= 0.6 is 0 Å². The quantitative estimate of drug-likeness (QED) is 0.754. The molecular formula is C13H26N2O. The lowest BCUT2D eigenvalue weighted by molar-refractivity contribution is -0.122. The van der Waals surface area contributed by atoms with Gasteiger partial charge in [-0.05, 0) is 31.1 Å². The van der Waals surface area contributed by atoms with Crippen LogP contribution < -0.4 is 11.1 Å². The van der Waals surface area contributed by atoms with E-state index in [9.17, 15) is 4.79 Å². The first-order valence-electron chi connectivity index (χ1n) is 6.63. The van der Waals surface area contributed by atoms with E-state index in [0.717, 1.165) is 13.0 Å². The molecule has 16 heavy (non-hydrogen) atoms. The van der Waals surface area contributed by atoms with Gasteiger partial charge in [-0.3, -0.25) is 4.79 Å². The van der Waals surface area contributed by atoms with Crippen LogP contribution in [0.5, 0.6) is 0 Å². The van der Waals surface area contributed by atoms with Gasteiger partial charge in [-0.1, -0.05) is 33.1 Å². The molecule has 0 saturated heterocycles. The summed E-state index contributed by atoms with van der Waals surface area (Å²) in [6, 6.07) is -0.330. The summed E-state index contributed by atoms with van der Waals surface area (Å²) in [6.45, 7) is 5.01. The van der Waals surface area contributed by atoms with Gasteiger partial charge in [-0.2, -0.15) is 0 Å². The van der Waals surface area contributed by atoms with Crippen LogP contribution in [0.1, 0.15) is 52.4 Å². The summed E-state index contributed by atoms with van der Waals surface area (Å²) in [6.07, 6.45) is 7.30. The first-order chi connectivity index (χ1) is 7.59. The Morgan fingerprint density at radius 2 is 1.94 bits per heavy atom. The molecule has 0 spiro atoms. The molecule has 1 saturated carbocycles. The normalized spacial score (nSPS) is 19.8. The Balaban J connectivity index is 2.17. The second-order valence-corrected chi connectivity index (χ2v) is 5.49. The van der Waals surface area contributed by atoms with Crippen LogP contribution in [0.25, 0.3) is 0 Å². The average molecular weight is 226 g/mol. The molecule has 0 aromatic heterocycles. The standard InChI is InChI=1S/C13H26N2O/c1-10(2)8-12(14)13(16)15-9-11-6-4-3-5-7-11/h10-12H,3-9,14H2,1-2H3,(H,15,16)/t12-/m0/s1. The van der Waals surface area contributed by atoms with Crippen molar-refractivity contribution in [1.29, 1.82) is 0 Å². The van der Waals surface area contributed by atoms with E-state index in [0.29, 0.717) is 11.8 Å². The van der Waals surface area contributed by atoms with Gasteiger partial charge in [0.2, 0.25) is 5.91 Å². The molecule has 1 amide bonds. The molecule has 1 rings (SSSR count). The molecule has 0 heterocycles. The molecule has 0 aromatic carbocycles. The second-order valence-electron chi connectivity index (χ2n) is 5.49. The number of hydrogen-bond donors (Lipinski definition) is 2. The van der Waals surface area contributed by atoms with Crippen LogP contribution in [-0.4, -0.2) is 18.5 Å². The number of carbonyl (C=O) groups is 1. The minimum Gasteiger partial charge on any atom is -0.354 e. The Labute approximate surface area is 99.2 Å². The molecular weight excluding hydrogens is 200 g/mol. The van der Waals surface area contributed by atoms with Crippen molar-refractivity contribution in [2.24, 2.45) is 17.6 Å². The zero-order chi connectivity index (χ0) is 12.0. The topological polar surface area (TPSA) is 55.1 Å². The summed E-state index contributed by atoms with van der Waals surface area (Å²) in [5.74, 6) is 1.19. The van der Waals surface area contributed by atoms with E-state index in [1.54, 1.807) is 0 Å². The average Bonchev–Trinajstić information content (AvgIpc) is 2.26. The van der Waals surface area contributed by atoms with E-state index in [-0.39, 0.29) is 11.9 Å². The highest BCUT2D eigenvalue weighted by Crippen LogP contribution is 2.22. The van der Waals surface area contributed by atoms with Gasteiger partial charge in [0.05, 0.1) is 6.04 Å². The second kappa shape index (κ2) is 6.89. The van der Waals surface area contributed by atoms with Gasteiger partial charge in [0.1, 0.15) is 0 Å². The molecule has 3 nitrogen and oxygen atoms in total. The van der Waals surface area contributed by atoms with Crippen molar-refractivity contribution in [3.8, 4) is 0 Å².